The predicted octanol–water partition coefficient (Wildman–Crippen LogP) is 2.43. The highest BCUT2D eigenvalue weighted by Gasteiger charge is 2.44. The zero-order chi connectivity index (χ0) is 19.6. The van der Waals surface area contributed by atoms with Crippen molar-refractivity contribution in [3.63, 3.8) is 0 Å². The molecule has 27 heavy (non-hydrogen) atoms. The van der Waals surface area contributed by atoms with E-state index in [1.807, 2.05) is 23.1 Å². The van der Waals surface area contributed by atoms with E-state index in [4.69, 9.17) is 9.47 Å². The Hall–Kier alpha value is -2.24. The van der Waals surface area contributed by atoms with Gasteiger partial charge >= 0.3 is 0 Å². The topological polar surface area (TPSA) is 67.9 Å². The fraction of sp³-hybridized carbons (Fsp3) is 0.619. The van der Waals surface area contributed by atoms with Crippen LogP contribution in [0.1, 0.15) is 38.2 Å². The number of hydrogen-bond acceptors (Lipinski definition) is 4. The van der Waals surface area contributed by atoms with Gasteiger partial charge in [0, 0.05) is 37.0 Å². The summed E-state index contributed by atoms with van der Waals surface area (Å²) in [5, 5.41) is 3.05. The van der Waals surface area contributed by atoms with Crippen LogP contribution in [0.15, 0.2) is 18.2 Å². The molecular formula is C21H30N2O4. The molecule has 0 spiro atoms. The molecule has 2 amide bonds. The molecule has 6 nitrogen and oxygen atoms in total. The lowest BCUT2D eigenvalue weighted by molar-refractivity contribution is -0.132. The van der Waals surface area contributed by atoms with Crippen molar-refractivity contribution in [1.82, 2.24) is 10.2 Å². The van der Waals surface area contributed by atoms with E-state index in [0.29, 0.717) is 37.1 Å². The Morgan fingerprint density at radius 2 is 1.93 bits per heavy atom. The molecule has 148 valence electrons. The molecule has 2 aliphatic rings. The fourth-order valence-electron chi connectivity index (χ4n) is 3.79. The van der Waals surface area contributed by atoms with Crippen molar-refractivity contribution >= 4 is 11.8 Å². The second-order valence-electron chi connectivity index (χ2n) is 7.95. The lowest BCUT2D eigenvalue weighted by Gasteiger charge is -2.22. The van der Waals surface area contributed by atoms with Gasteiger partial charge in [-0.2, -0.15) is 0 Å². The maximum atomic E-state index is 12.9. The molecule has 2 fully saturated rings. The molecule has 0 aromatic heterocycles. The summed E-state index contributed by atoms with van der Waals surface area (Å²) in [4.78, 5) is 27.4. The third-order valence-corrected chi connectivity index (χ3v) is 5.41. The maximum absolute atomic E-state index is 12.9. The van der Waals surface area contributed by atoms with Crippen LogP contribution < -0.4 is 14.8 Å². The Morgan fingerprint density at radius 3 is 2.52 bits per heavy atom. The van der Waals surface area contributed by atoms with Crippen LogP contribution >= 0.6 is 0 Å². The zero-order valence-electron chi connectivity index (χ0n) is 16.7. The molecule has 2 atom stereocenters. The SMILES string of the molecule is COc1cccc(C2CN(C(=O)C3CC3)CC2C(=O)NCC(C)C)c1OC. The number of rotatable bonds is 7. The maximum Gasteiger partial charge on any atom is 0.225 e. The van der Waals surface area contributed by atoms with Gasteiger partial charge in [0.15, 0.2) is 11.5 Å². The van der Waals surface area contributed by atoms with Gasteiger partial charge in [-0.25, -0.2) is 0 Å². The average molecular weight is 374 g/mol. The lowest BCUT2D eigenvalue weighted by atomic mass is 9.87. The molecule has 1 saturated carbocycles. The van der Waals surface area contributed by atoms with Gasteiger partial charge in [0.2, 0.25) is 11.8 Å². The van der Waals surface area contributed by atoms with Crippen LogP contribution in [0, 0.1) is 17.8 Å². The molecule has 1 saturated heterocycles. The molecule has 3 rings (SSSR count). The number of ether oxygens (including phenoxy) is 2. The van der Waals surface area contributed by atoms with Crippen LogP contribution in [0.2, 0.25) is 0 Å². The summed E-state index contributed by atoms with van der Waals surface area (Å²) in [5.41, 5.74) is 0.924. The zero-order valence-corrected chi connectivity index (χ0v) is 16.7. The van der Waals surface area contributed by atoms with Crippen molar-refractivity contribution in [3.05, 3.63) is 23.8 Å². The number of benzene rings is 1. The largest absolute Gasteiger partial charge is 0.493 e. The summed E-state index contributed by atoms with van der Waals surface area (Å²) >= 11 is 0. The molecule has 0 bridgehead atoms. The smallest absolute Gasteiger partial charge is 0.225 e. The number of carbonyl (C=O) groups excluding carboxylic acids is 2. The van der Waals surface area contributed by atoms with Gasteiger partial charge in [0.1, 0.15) is 0 Å². The number of para-hydroxylation sites is 1. The second-order valence-corrected chi connectivity index (χ2v) is 7.95. The third-order valence-electron chi connectivity index (χ3n) is 5.41. The number of hydrogen-bond donors (Lipinski definition) is 1. The first-order chi connectivity index (χ1) is 13.0. The van der Waals surface area contributed by atoms with Crippen molar-refractivity contribution in [2.24, 2.45) is 17.8 Å². The van der Waals surface area contributed by atoms with Gasteiger partial charge in [-0.3, -0.25) is 9.59 Å². The van der Waals surface area contributed by atoms with Crippen LogP contribution in [0.4, 0.5) is 0 Å². The molecule has 6 heteroatoms. The van der Waals surface area contributed by atoms with Gasteiger partial charge in [0.05, 0.1) is 20.1 Å². The first-order valence-corrected chi connectivity index (χ1v) is 9.73. The Balaban J connectivity index is 1.89. The quantitative estimate of drug-likeness (QED) is 0.796. The van der Waals surface area contributed by atoms with Gasteiger partial charge < -0.3 is 19.7 Å². The predicted molar refractivity (Wildman–Crippen MR) is 103 cm³/mol. The third kappa shape index (κ3) is 4.20. The van der Waals surface area contributed by atoms with Crippen LogP contribution in [0.25, 0.3) is 0 Å². The molecule has 1 N–H and O–H groups in total. The summed E-state index contributed by atoms with van der Waals surface area (Å²) in [6, 6.07) is 5.73. The number of amides is 2. The Kier molecular flexibility index (Phi) is 5.92. The minimum Gasteiger partial charge on any atom is -0.493 e. The van der Waals surface area contributed by atoms with Crippen molar-refractivity contribution < 1.29 is 19.1 Å². The van der Waals surface area contributed by atoms with Crippen molar-refractivity contribution in [2.45, 2.75) is 32.6 Å². The van der Waals surface area contributed by atoms with Crippen LogP contribution in [0.3, 0.4) is 0 Å². The van der Waals surface area contributed by atoms with Gasteiger partial charge in [-0.1, -0.05) is 26.0 Å². The highest BCUT2D eigenvalue weighted by molar-refractivity contribution is 5.85. The molecule has 1 aromatic rings. The van der Waals surface area contributed by atoms with Gasteiger partial charge in [-0.05, 0) is 24.8 Å². The molecule has 1 aromatic carbocycles. The number of carbonyl (C=O) groups is 2. The van der Waals surface area contributed by atoms with Crippen molar-refractivity contribution in [3.8, 4) is 11.5 Å². The monoisotopic (exact) mass is 374 g/mol. The minimum atomic E-state index is -0.285. The number of likely N-dealkylation sites (tertiary alicyclic amines) is 1. The normalized spacial score (nSPS) is 22.0. The summed E-state index contributed by atoms with van der Waals surface area (Å²) in [6.07, 6.45) is 1.93. The van der Waals surface area contributed by atoms with E-state index in [0.717, 1.165) is 18.4 Å². The molecule has 2 unspecified atom stereocenters. The number of nitrogens with one attached hydrogen (secondary N) is 1. The summed E-state index contributed by atoms with van der Waals surface area (Å²) in [6.45, 7) is 5.78. The van der Waals surface area contributed by atoms with E-state index in [9.17, 15) is 9.59 Å². The van der Waals surface area contributed by atoms with E-state index in [-0.39, 0.29) is 29.6 Å². The van der Waals surface area contributed by atoms with Crippen LogP contribution in [-0.4, -0.2) is 50.6 Å². The second kappa shape index (κ2) is 8.19. The van der Waals surface area contributed by atoms with Crippen molar-refractivity contribution in [1.29, 1.82) is 0 Å². The van der Waals surface area contributed by atoms with Crippen LogP contribution in [0.5, 0.6) is 11.5 Å². The minimum absolute atomic E-state index is 0.00432. The van der Waals surface area contributed by atoms with Gasteiger partial charge in [0.25, 0.3) is 0 Å². The number of nitrogens with zero attached hydrogens (tertiary/aromatic N) is 1. The average Bonchev–Trinajstić information content (AvgIpc) is 3.42. The van der Waals surface area contributed by atoms with E-state index >= 15 is 0 Å². The van der Waals surface area contributed by atoms with E-state index in [1.54, 1.807) is 14.2 Å². The number of methoxy groups -OCH3 is 2. The molecule has 1 heterocycles. The van der Waals surface area contributed by atoms with E-state index in [1.165, 1.54) is 0 Å². The Bertz CT molecular complexity index is 699. The molecular weight excluding hydrogens is 344 g/mol. The summed E-state index contributed by atoms with van der Waals surface area (Å²) in [5.74, 6) is 1.61. The van der Waals surface area contributed by atoms with E-state index < -0.39 is 0 Å². The summed E-state index contributed by atoms with van der Waals surface area (Å²) < 4.78 is 11.0. The standard InChI is InChI=1S/C21H30N2O4/c1-13(2)10-22-20(24)17-12-23(21(25)14-8-9-14)11-16(17)15-6-5-7-18(26-3)19(15)27-4/h5-7,13-14,16-17H,8-12H2,1-4H3,(H,22,24). The highest BCUT2D eigenvalue weighted by atomic mass is 16.5. The summed E-state index contributed by atoms with van der Waals surface area (Å²) in [7, 11) is 3.21. The Labute approximate surface area is 161 Å². The van der Waals surface area contributed by atoms with E-state index in [2.05, 4.69) is 19.2 Å². The Morgan fingerprint density at radius 1 is 1.19 bits per heavy atom. The molecule has 1 aliphatic carbocycles. The molecule has 1 aliphatic heterocycles. The fourth-order valence-corrected chi connectivity index (χ4v) is 3.79. The first kappa shape index (κ1) is 19.5. The first-order valence-electron chi connectivity index (χ1n) is 9.73. The van der Waals surface area contributed by atoms with Gasteiger partial charge in [-0.15, -0.1) is 0 Å². The van der Waals surface area contributed by atoms with Crippen molar-refractivity contribution in [2.75, 3.05) is 33.9 Å². The van der Waals surface area contributed by atoms with Crippen LogP contribution in [-0.2, 0) is 9.59 Å². The molecule has 0 radical (unpaired) electrons. The highest BCUT2D eigenvalue weighted by Crippen LogP contribution is 2.43. The lowest BCUT2D eigenvalue weighted by Crippen LogP contribution is -2.37.